The molecule has 31 heavy (non-hydrogen) atoms. The highest BCUT2D eigenvalue weighted by atomic mass is 19.1. The third-order valence-corrected chi connectivity index (χ3v) is 7.84. The zero-order chi connectivity index (χ0) is 21.8. The number of benzene rings is 2. The Labute approximate surface area is 185 Å². The quantitative estimate of drug-likeness (QED) is 0.386. The summed E-state index contributed by atoms with van der Waals surface area (Å²) >= 11 is 0. The third-order valence-electron chi connectivity index (χ3n) is 7.84. The third kappa shape index (κ3) is 5.35. The molecule has 3 heteroatoms. The lowest BCUT2D eigenvalue weighted by Crippen LogP contribution is -2.30. The molecule has 0 bridgehead atoms. The predicted octanol–water partition coefficient (Wildman–Crippen LogP) is 9.04. The van der Waals surface area contributed by atoms with Crippen molar-refractivity contribution in [1.29, 1.82) is 0 Å². The van der Waals surface area contributed by atoms with Crippen LogP contribution in [0.1, 0.15) is 89.0 Å². The van der Waals surface area contributed by atoms with E-state index in [1.54, 1.807) is 6.07 Å². The summed E-state index contributed by atoms with van der Waals surface area (Å²) in [6, 6.07) is 8.50. The van der Waals surface area contributed by atoms with E-state index in [1.807, 2.05) is 0 Å². The fraction of sp³-hybridized carbons (Fsp3) is 0.571. The Morgan fingerprint density at radius 1 is 0.806 bits per heavy atom. The van der Waals surface area contributed by atoms with E-state index in [0.717, 1.165) is 30.2 Å². The Kier molecular flexibility index (Phi) is 7.40. The first-order chi connectivity index (χ1) is 15.0. The molecule has 2 saturated carbocycles. The van der Waals surface area contributed by atoms with E-state index >= 15 is 0 Å². The van der Waals surface area contributed by atoms with Crippen LogP contribution in [0.2, 0.25) is 0 Å². The Morgan fingerprint density at radius 3 is 2.29 bits per heavy atom. The topological polar surface area (TPSA) is 0 Å². The molecule has 4 atom stereocenters. The number of halogens is 3. The summed E-state index contributed by atoms with van der Waals surface area (Å²) < 4.78 is 43.3. The SMILES string of the molecule is CCCCCCC1CCC2CC(c3cc(F)c(-c4cccc(F)c4)c(F)c3)CCC2C1. The monoisotopic (exact) mass is 428 g/mol. The van der Waals surface area contributed by atoms with Crippen molar-refractivity contribution in [1.82, 2.24) is 0 Å². The van der Waals surface area contributed by atoms with E-state index in [9.17, 15) is 13.2 Å². The summed E-state index contributed by atoms with van der Waals surface area (Å²) in [4.78, 5) is 0. The summed E-state index contributed by atoms with van der Waals surface area (Å²) in [5.74, 6) is 0.946. The van der Waals surface area contributed by atoms with E-state index in [1.165, 1.54) is 88.1 Å². The van der Waals surface area contributed by atoms with Crippen molar-refractivity contribution in [2.45, 2.75) is 83.5 Å². The molecule has 2 aromatic rings. The van der Waals surface area contributed by atoms with E-state index in [4.69, 9.17) is 0 Å². The number of fused-ring (bicyclic) bond motifs is 1. The molecule has 0 radical (unpaired) electrons. The zero-order valence-corrected chi connectivity index (χ0v) is 18.7. The van der Waals surface area contributed by atoms with Gasteiger partial charge in [0.2, 0.25) is 0 Å². The molecule has 4 unspecified atom stereocenters. The first-order valence-electron chi connectivity index (χ1n) is 12.3. The van der Waals surface area contributed by atoms with Crippen LogP contribution in [0.3, 0.4) is 0 Å². The van der Waals surface area contributed by atoms with E-state index in [0.29, 0.717) is 5.92 Å². The van der Waals surface area contributed by atoms with Crippen LogP contribution in [-0.2, 0) is 0 Å². The highest BCUT2D eigenvalue weighted by Crippen LogP contribution is 2.49. The largest absolute Gasteiger partial charge is 0.207 e. The van der Waals surface area contributed by atoms with Crippen LogP contribution in [0.25, 0.3) is 11.1 Å². The average Bonchev–Trinajstić information content (AvgIpc) is 2.76. The van der Waals surface area contributed by atoms with Gasteiger partial charge in [-0.1, -0.05) is 57.6 Å². The number of unbranched alkanes of at least 4 members (excludes halogenated alkanes) is 3. The lowest BCUT2D eigenvalue weighted by Gasteiger charge is -2.42. The highest BCUT2D eigenvalue weighted by molar-refractivity contribution is 5.65. The average molecular weight is 429 g/mol. The molecule has 0 spiro atoms. The summed E-state index contributed by atoms with van der Waals surface area (Å²) in [5, 5.41) is 0. The normalized spacial score (nSPS) is 25.9. The Morgan fingerprint density at radius 2 is 1.55 bits per heavy atom. The Hall–Kier alpha value is -1.77. The van der Waals surface area contributed by atoms with Crippen molar-refractivity contribution < 1.29 is 13.2 Å². The van der Waals surface area contributed by atoms with Gasteiger partial charge >= 0.3 is 0 Å². The fourth-order valence-electron chi connectivity index (χ4n) is 6.16. The minimum atomic E-state index is -0.585. The standard InChI is InChI=1S/C28H35F3/c1-2-3-4-5-7-19-10-11-21-15-22(13-12-20(21)14-19)24-17-26(30)28(27(31)18-24)23-8-6-9-25(29)16-23/h6,8-9,16-22H,2-5,7,10-15H2,1H3. The van der Waals surface area contributed by atoms with Crippen molar-refractivity contribution in [2.24, 2.45) is 17.8 Å². The predicted molar refractivity (Wildman–Crippen MR) is 121 cm³/mol. The summed E-state index contributed by atoms with van der Waals surface area (Å²) in [5.41, 5.74) is 0.901. The Bertz CT molecular complexity index is 851. The van der Waals surface area contributed by atoms with Gasteiger partial charge in [-0.15, -0.1) is 0 Å². The first-order valence-corrected chi connectivity index (χ1v) is 12.3. The van der Waals surface area contributed by atoms with Crippen LogP contribution in [0.4, 0.5) is 13.2 Å². The van der Waals surface area contributed by atoms with Crippen LogP contribution in [0, 0.1) is 35.2 Å². The fourth-order valence-corrected chi connectivity index (χ4v) is 6.16. The molecule has 2 aliphatic rings. The smallest absolute Gasteiger partial charge is 0.134 e. The minimum Gasteiger partial charge on any atom is -0.207 e. The van der Waals surface area contributed by atoms with E-state index in [2.05, 4.69) is 6.92 Å². The van der Waals surface area contributed by atoms with Gasteiger partial charge in [0.15, 0.2) is 0 Å². The molecule has 168 valence electrons. The van der Waals surface area contributed by atoms with Crippen molar-refractivity contribution in [2.75, 3.05) is 0 Å². The molecular formula is C28H35F3. The summed E-state index contributed by atoms with van der Waals surface area (Å²) in [7, 11) is 0. The molecule has 0 aromatic heterocycles. The van der Waals surface area contributed by atoms with Gasteiger partial charge in [0, 0.05) is 0 Å². The molecular weight excluding hydrogens is 393 g/mol. The zero-order valence-electron chi connectivity index (χ0n) is 18.7. The molecule has 2 fully saturated rings. The van der Waals surface area contributed by atoms with Gasteiger partial charge < -0.3 is 0 Å². The van der Waals surface area contributed by atoms with E-state index in [-0.39, 0.29) is 17.0 Å². The minimum absolute atomic E-state index is 0.125. The molecule has 0 amide bonds. The highest BCUT2D eigenvalue weighted by Gasteiger charge is 2.36. The first kappa shape index (κ1) is 22.4. The molecule has 0 N–H and O–H groups in total. The van der Waals surface area contributed by atoms with Crippen molar-refractivity contribution in [3.8, 4) is 11.1 Å². The van der Waals surface area contributed by atoms with Gasteiger partial charge in [-0.2, -0.15) is 0 Å². The van der Waals surface area contributed by atoms with Crippen molar-refractivity contribution in [3.63, 3.8) is 0 Å². The van der Waals surface area contributed by atoms with Gasteiger partial charge in [0.25, 0.3) is 0 Å². The second-order valence-electron chi connectivity index (χ2n) is 9.93. The second kappa shape index (κ2) is 10.2. The van der Waals surface area contributed by atoms with E-state index < -0.39 is 17.5 Å². The molecule has 2 aromatic carbocycles. The maximum Gasteiger partial charge on any atom is 0.134 e. The second-order valence-corrected chi connectivity index (χ2v) is 9.93. The van der Waals surface area contributed by atoms with Crippen LogP contribution in [-0.4, -0.2) is 0 Å². The van der Waals surface area contributed by atoms with Crippen LogP contribution < -0.4 is 0 Å². The Balaban J connectivity index is 1.40. The molecule has 0 heterocycles. The van der Waals surface area contributed by atoms with Gasteiger partial charge in [-0.05, 0) is 91.2 Å². The maximum atomic E-state index is 14.9. The number of hydrogen-bond donors (Lipinski definition) is 0. The number of hydrogen-bond acceptors (Lipinski definition) is 0. The van der Waals surface area contributed by atoms with Crippen molar-refractivity contribution >= 4 is 0 Å². The maximum absolute atomic E-state index is 14.9. The van der Waals surface area contributed by atoms with Crippen LogP contribution in [0.15, 0.2) is 36.4 Å². The lowest BCUT2D eigenvalue weighted by molar-refractivity contribution is 0.113. The molecule has 0 nitrogen and oxygen atoms in total. The van der Waals surface area contributed by atoms with Crippen molar-refractivity contribution in [3.05, 3.63) is 59.4 Å². The summed E-state index contributed by atoms with van der Waals surface area (Å²) in [6.07, 6.45) is 13.9. The molecule has 2 aliphatic carbocycles. The van der Waals surface area contributed by atoms with Gasteiger partial charge in [0.05, 0.1) is 5.56 Å². The number of rotatable bonds is 7. The lowest BCUT2D eigenvalue weighted by atomic mass is 9.63. The van der Waals surface area contributed by atoms with Crippen LogP contribution >= 0.6 is 0 Å². The molecule has 0 saturated heterocycles. The summed E-state index contributed by atoms with van der Waals surface area (Å²) in [6.45, 7) is 2.26. The van der Waals surface area contributed by atoms with Gasteiger partial charge in [-0.3, -0.25) is 0 Å². The molecule has 4 rings (SSSR count). The van der Waals surface area contributed by atoms with Gasteiger partial charge in [-0.25, -0.2) is 13.2 Å². The van der Waals surface area contributed by atoms with Gasteiger partial charge in [0.1, 0.15) is 17.5 Å². The van der Waals surface area contributed by atoms with Crippen LogP contribution in [0.5, 0.6) is 0 Å². The molecule has 0 aliphatic heterocycles.